The summed E-state index contributed by atoms with van der Waals surface area (Å²) in [6, 6.07) is 6.50. The first-order valence-electron chi connectivity index (χ1n) is 3.00. The van der Waals surface area contributed by atoms with Crippen molar-refractivity contribution in [3.63, 3.8) is 0 Å². The molecule has 1 aromatic carbocycles. The van der Waals surface area contributed by atoms with Gasteiger partial charge in [-0.3, -0.25) is 4.79 Å². The summed E-state index contributed by atoms with van der Waals surface area (Å²) in [5.41, 5.74) is 0.504. The summed E-state index contributed by atoms with van der Waals surface area (Å²) in [6.07, 6.45) is 0. The van der Waals surface area contributed by atoms with Crippen molar-refractivity contribution in [1.82, 2.24) is 0 Å². The van der Waals surface area contributed by atoms with Crippen molar-refractivity contribution >= 4 is 24.2 Å². The lowest BCUT2D eigenvalue weighted by molar-refractivity contribution is 0.100. The quantitative estimate of drug-likeness (QED) is 0.590. The normalized spacial score (nSPS) is 9.18. The number of benzene rings is 1. The summed E-state index contributed by atoms with van der Waals surface area (Å²) in [5, 5.41) is 0.602. The minimum absolute atomic E-state index is 0.332. The predicted octanol–water partition coefficient (Wildman–Crippen LogP) is 2.18. The zero-order valence-electron chi connectivity index (χ0n) is 5.75. The van der Waals surface area contributed by atoms with E-state index in [1.165, 1.54) is 0 Å². The number of halogens is 1. The van der Waals surface area contributed by atoms with Crippen LogP contribution in [0.2, 0.25) is 5.02 Å². The van der Waals surface area contributed by atoms with Gasteiger partial charge in [-0.15, -0.1) is 0 Å². The van der Waals surface area contributed by atoms with Crippen molar-refractivity contribution in [2.24, 2.45) is 4.99 Å². The highest BCUT2D eigenvalue weighted by molar-refractivity contribution is 6.30. The van der Waals surface area contributed by atoms with Crippen molar-refractivity contribution in [1.29, 1.82) is 0 Å². The van der Waals surface area contributed by atoms with E-state index in [0.717, 1.165) is 0 Å². The fourth-order valence-electron chi connectivity index (χ4n) is 0.684. The van der Waals surface area contributed by atoms with Crippen LogP contribution in [-0.4, -0.2) is 12.6 Å². The lowest BCUT2D eigenvalue weighted by Gasteiger charge is -1.92. The average molecular weight is 168 g/mol. The minimum Gasteiger partial charge on any atom is -0.267 e. The smallest absolute Gasteiger partial charge is 0.267 e. The Labute approximate surface area is 69.5 Å². The Hall–Kier alpha value is -1.15. The number of amides is 1. The fraction of sp³-hybridized carbons (Fsp3) is 0. The van der Waals surface area contributed by atoms with E-state index in [1.807, 2.05) is 0 Å². The molecule has 0 bridgehead atoms. The molecule has 0 aromatic heterocycles. The van der Waals surface area contributed by atoms with Crippen molar-refractivity contribution in [3.05, 3.63) is 34.9 Å². The van der Waals surface area contributed by atoms with Gasteiger partial charge >= 0.3 is 0 Å². The van der Waals surface area contributed by atoms with Crippen LogP contribution in [0.25, 0.3) is 0 Å². The molecule has 1 aromatic rings. The maximum atomic E-state index is 10.9. The second-order valence-corrected chi connectivity index (χ2v) is 2.41. The van der Waals surface area contributed by atoms with Crippen LogP contribution in [0, 0.1) is 0 Å². The van der Waals surface area contributed by atoms with Crippen molar-refractivity contribution in [3.8, 4) is 0 Å². The first-order chi connectivity index (χ1) is 5.24. The van der Waals surface area contributed by atoms with Gasteiger partial charge in [0.2, 0.25) is 0 Å². The highest BCUT2D eigenvalue weighted by atomic mass is 35.5. The molecule has 11 heavy (non-hydrogen) atoms. The number of hydrogen-bond acceptors (Lipinski definition) is 1. The topological polar surface area (TPSA) is 29.4 Å². The van der Waals surface area contributed by atoms with Crippen LogP contribution in [0.5, 0.6) is 0 Å². The summed E-state index contributed by atoms with van der Waals surface area (Å²) in [4.78, 5) is 14.1. The zero-order valence-corrected chi connectivity index (χ0v) is 6.51. The van der Waals surface area contributed by atoms with Gasteiger partial charge in [-0.2, -0.15) is 0 Å². The molecule has 0 heterocycles. The van der Waals surface area contributed by atoms with Crippen LogP contribution in [-0.2, 0) is 0 Å². The van der Waals surface area contributed by atoms with Crippen LogP contribution in [0.3, 0.4) is 0 Å². The van der Waals surface area contributed by atoms with Gasteiger partial charge in [0.05, 0.1) is 0 Å². The van der Waals surface area contributed by atoms with E-state index >= 15 is 0 Å². The molecule has 0 atom stereocenters. The summed E-state index contributed by atoms with van der Waals surface area (Å²) >= 11 is 5.60. The largest absolute Gasteiger partial charge is 0.276 e. The number of carbonyl (C=O) groups excluding carboxylic acids is 1. The van der Waals surface area contributed by atoms with Gasteiger partial charge in [0.25, 0.3) is 5.91 Å². The molecular formula is C8H6ClNO. The Kier molecular flexibility index (Phi) is 2.39. The molecule has 0 aliphatic carbocycles. The summed E-state index contributed by atoms with van der Waals surface area (Å²) in [7, 11) is 0. The second kappa shape index (κ2) is 3.30. The highest BCUT2D eigenvalue weighted by Gasteiger charge is 1.99. The van der Waals surface area contributed by atoms with Gasteiger partial charge in [-0.1, -0.05) is 11.6 Å². The lowest BCUT2D eigenvalue weighted by Crippen LogP contribution is -1.91. The minimum atomic E-state index is -0.332. The summed E-state index contributed by atoms with van der Waals surface area (Å²) in [6.45, 7) is 3.13. The van der Waals surface area contributed by atoms with Gasteiger partial charge in [0.1, 0.15) is 0 Å². The van der Waals surface area contributed by atoms with Crippen LogP contribution in [0.15, 0.2) is 29.3 Å². The molecule has 0 aliphatic rings. The van der Waals surface area contributed by atoms with E-state index in [0.29, 0.717) is 10.6 Å². The third-order valence-corrected chi connectivity index (χ3v) is 1.49. The van der Waals surface area contributed by atoms with Gasteiger partial charge < -0.3 is 0 Å². The Morgan fingerprint density at radius 1 is 1.36 bits per heavy atom. The number of carbonyl (C=O) groups is 1. The van der Waals surface area contributed by atoms with E-state index in [1.54, 1.807) is 24.3 Å². The first-order valence-corrected chi connectivity index (χ1v) is 3.38. The van der Waals surface area contributed by atoms with Gasteiger partial charge in [-0.05, 0) is 31.0 Å². The molecule has 0 saturated carbocycles. The maximum Gasteiger partial charge on any atom is 0.276 e. The highest BCUT2D eigenvalue weighted by Crippen LogP contribution is 2.09. The summed E-state index contributed by atoms with van der Waals surface area (Å²) < 4.78 is 0. The zero-order chi connectivity index (χ0) is 8.27. The maximum absolute atomic E-state index is 10.9. The molecule has 0 saturated heterocycles. The standard InChI is InChI=1S/C8H6ClNO/c1-10-8(11)6-2-4-7(9)5-3-6/h2-5H,1H2. The molecule has 0 unspecified atom stereocenters. The van der Waals surface area contributed by atoms with Crippen molar-refractivity contribution in [2.75, 3.05) is 0 Å². The van der Waals surface area contributed by atoms with Gasteiger partial charge in [0, 0.05) is 10.6 Å². The first kappa shape index (κ1) is 7.95. The number of rotatable bonds is 1. The molecular weight excluding hydrogens is 162 g/mol. The van der Waals surface area contributed by atoms with Crippen LogP contribution in [0.4, 0.5) is 0 Å². The van der Waals surface area contributed by atoms with Crippen LogP contribution >= 0.6 is 11.6 Å². The molecule has 3 heteroatoms. The molecule has 0 spiro atoms. The molecule has 56 valence electrons. The van der Waals surface area contributed by atoms with Crippen molar-refractivity contribution in [2.45, 2.75) is 0 Å². The van der Waals surface area contributed by atoms with Gasteiger partial charge in [0.15, 0.2) is 0 Å². The number of aliphatic imine (C=N–C) groups is 1. The molecule has 2 nitrogen and oxygen atoms in total. The summed E-state index contributed by atoms with van der Waals surface area (Å²) in [5.74, 6) is -0.332. The van der Waals surface area contributed by atoms with E-state index in [-0.39, 0.29) is 5.91 Å². The molecule has 0 fully saturated rings. The molecule has 0 aliphatic heterocycles. The number of nitrogens with zero attached hydrogens (tertiary/aromatic N) is 1. The number of hydrogen-bond donors (Lipinski definition) is 0. The van der Waals surface area contributed by atoms with Crippen LogP contribution in [0.1, 0.15) is 10.4 Å². The Bertz CT molecular complexity index is 279. The third-order valence-electron chi connectivity index (χ3n) is 1.23. The average Bonchev–Trinajstić information content (AvgIpc) is 2.05. The molecule has 0 radical (unpaired) electrons. The van der Waals surface area contributed by atoms with Gasteiger partial charge in [-0.25, -0.2) is 4.99 Å². The Morgan fingerprint density at radius 3 is 2.36 bits per heavy atom. The lowest BCUT2D eigenvalue weighted by atomic mass is 10.2. The monoisotopic (exact) mass is 167 g/mol. The van der Waals surface area contributed by atoms with E-state index in [4.69, 9.17) is 11.6 Å². The molecule has 1 rings (SSSR count). The third kappa shape index (κ3) is 1.88. The van der Waals surface area contributed by atoms with E-state index < -0.39 is 0 Å². The van der Waals surface area contributed by atoms with E-state index in [2.05, 4.69) is 11.7 Å². The van der Waals surface area contributed by atoms with Crippen molar-refractivity contribution < 1.29 is 4.79 Å². The SMILES string of the molecule is C=NC(=O)c1ccc(Cl)cc1. The molecule has 0 N–H and O–H groups in total. The second-order valence-electron chi connectivity index (χ2n) is 1.97. The van der Waals surface area contributed by atoms with E-state index in [9.17, 15) is 4.79 Å². The fourth-order valence-corrected chi connectivity index (χ4v) is 0.810. The Balaban J connectivity index is 2.98. The van der Waals surface area contributed by atoms with Crippen LogP contribution < -0.4 is 0 Å². The Morgan fingerprint density at radius 2 is 1.91 bits per heavy atom. The molecule has 1 amide bonds. The predicted molar refractivity (Wildman–Crippen MR) is 45.3 cm³/mol.